The molecule has 6 rings (SSSR count). The Balaban J connectivity index is 1.18. The molecule has 1 amide bonds. The van der Waals surface area contributed by atoms with E-state index in [1.54, 1.807) is 6.07 Å². The Bertz CT molecular complexity index is 1480. The quantitative estimate of drug-likeness (QED) is 0.286. The number of nitrogens with zero attached hydrogens (tertiary/aromatic N) is 3. The summed E-state index contributed by atoms with van der Waals surface area (Å²) in [6, 6.07) is 13.6. The summed E-state index contributed by atoms with van der Waals surface area (Å²) in [4.78, 5) is 15.2. The molecule has 206 valence electrons. The number of imidazole rings is 1. The third-order valence-corrected chi connectivity index (χ3v) is 8.40. The number of alkyl halides is 1. The molecule has 1 atom stereocenters. The normalized spacial score (nSPS) is 18.9. The van der Waals surface area contributed by atoms with E-state index in [1.807, 2.05) is 42.6 Å². The Kier molecular flexibility index (Phi) is 7.40. The van der Waals surface area contributed by atoms with Gasteiger partial charge in [-0.3, -0.25) is 4.79 Å². The van der Waals surface area contributed by atoms with Crippen molar-refractivity contribution in [2.24, 2.45) is 0 Å². The zero-order valence-corrected chi connectivity index (χ0v) is 22.6. The summed E-state index contributed by atoms with van der Waals surface area (Å²) in [5, 5.41) is 6.47. The predicted octanol–water partition coefficient (Wildman–Crippen LogP) is 5.70. The average Bonchev–Trinajstić information content (AvgIpc) is 3.68. The molecule has 0 bridgehead atoms. The molecule has 8 heteroatoms. The lowest BCUT2D eigenvalue weighted by Crippen LogP contribution is -2.36. The minimum absolute atomic E-state index is 0.0903. The van der Waals surface area contributed by atoms with Gasteiger partial charge in [-0.15, -0.1) is 0 Å². The second-order valence-electron chi connectivity index (χ2n) is 10.9. The molecule has 0 aliphatic carbocycles. The van der Waals surface area contributed by atoms with Gasteiger partial charge in [-0.2, -0.15) is 0 Å². The molecular formula is C31H37F2N5O. The molecule has 39 heavy (non-hydrogen) atoms. The van der Waals surface area contributed by atoms with Crippen molar-refractivity contribution in [3.63, 3.8) is 0 Å². The van der Waals surface area contributed by atoms with Gasteiger partial charge in [0.1, 0.15) is 17.6 Å². The SMILES string of the molecule is CCn1c2cc(C(=O)NCCCN3CCC(F)CC3)ccc2n2cc(-c3ccc(C4CCCN4)cc3F)cc12. The van der Waals surface area contributed by atoms with Crippen LogP contribution in [0.15, 0.2) is 48.7 Å². The van der Waals surface area contributed by atoms with Crippen LogP contribution in [0.3, 0.4) is 0 Å². The van der Waals surface area contributed by atoms with E-state index in [0.29, 0.717) is 30.5 Å². The summed E-state index contributed by atoms with van der Waals surface area (Å²) in [7, 11) is 0. The van der Waals surface area contributed by atoms with Gasteiger partial charge in [0, 0.05) is 55.1 Å². The summed E-state index contributed by atoms with van der Waals surface area (Å²) < 4.78 is 32.8. The standard InChI is InChI=1S/C31H37F2N5O/c1-2-37-29-18-22(31(39)35-13-4-14-36-15-10-24(32)11-16-36)7-9-28(29)38-20-23(19-30(37)38)25-8-6-21(17-26(25)33)27-5-3-12-34-27/h6-9,17-20,24,27,34H,2-5,10-16H2,1H3,(H,35,39). The number of carbonyl (C=O) groups excluding carboxylic acids is 1. The van der Waals surface area contributed by atoms with E-state index in [-0.39, 0.29) is 17.8 Å². The molecule has 2 aromatic heterocycles. The number of amides is 1. The van der Waals surface area contributed by atoms with E-state index in [1.165, 1.54) is 0 Å². The lowest BCUT2D eigenvalue weighted by atomic mass is 10.0. The smallest absolute Gasteiger partial charge is 0.251 e. The molecule has 0 radical (unpaired) electrons. The van der Waals surface area contributed by atoms with Crippen LogP contribution in [0, 0.1) is 5.82 Å². The molecule has 6 nitrogen and oxygen atoms in total. The number of aryl methyl sites for hydroxylation is 1. The largest absolute Gasteiger partial charge is 0.352 e. The van der Waals surface area contributed by atoms with E-state index >= 15 is 4.39 Å². The number of likely N-dealkylation sites (tertiary alicyclic amines) is 1. The highest BCUT2D eigenvalue weighted by atomic mass is 19.1. The number of nitrogens with one attached hydrogen (secondary N) is 2. The fourth-order valence-corrected chi connectivity index (χ4v) is 6.22. The van der Waals surface area contributed by atoms with Crippen molar-refractivity contribution in [3.8, 4) is 11.1 Å². The van der Waals surface area contributed by atoms with Gasteiger partial charge in [0.05, 0.1) is 11.0 Å². The van der Waals surface area contributed by atoms with Crippen LogP contribution in [0.4, 0.5) is 8.78 Å². The molecule has 4 heterocycles. The van der Waals surface area contributed by atoms with E-state index < -0.39 is 6.17 Å². The second kappa shape index (κ2) is 11.1. The van der Waals surface area contributed by atoms with E-state index in [9.17, 15) is 9.18 Å². The molecule has 2 fully saturated rings. The zero-order chi connectivity index (χ0) is 26.9. The number of hydrogen-bond acceptors (Lipinski definition) is 3. The maximum Gasteiger partial charge on any atom is 0.251 e. The molecule has 2 saturated heterocycles. The average molecular weight is 534 g/mol. The highest BCUT2D eigenvalue weighted by Crippen LogP contribution is 2.32. The van der Waals surface area contributed by atoms with Crippen molar-refractivity contribution < 1.29 is 13.6 Å². The highest BCUT2D eigenvalue weighted by molar-refractivity contribution is 5.98. The molecule has 1 unspecified atom stereocenters. The van der Waals surface area contributed by atoms with Crippen molar-refractivity contribution in [2.75, 3.05) is 32.7 Å². The summed E-state index contributed by atoms with van der Waals surface area (Å²) in [5.41, 5.74) is 6.00. The third-order valence-electron chi connectivity index (χ3n) is 8.40. The maximum absolute atomic E-state index is 15.2. The molecule has 2 aliphatic rings. The Morgan fingerprint density at radius 2 is 1.92 bits per heavy atom. The van der Waals surface area contributed by atoms with Crippen LogP contribution in [-0.2, 0) is 6.54 Å². The zero-order valence-electron chi connectivity index (χ0n) is 22.6. The molecule has 2 aromatic carbocycles. The first-order chi connectivity index (χ1) is 19.0. The Morgan fingerprint density at radius 1 is 1.08 bits per heavy atom. The van der Waals surface area contributed by atoms with Gasteiger partial charge < -0.3 is 24.5 Å². The van der Waals surface area contributed by atoms with Crippen molar-refractivity contribution in [1.82, 2.24) is 24.5 Å². The minimum Gasteiger partial charge on any atom is -0.352 e. The maximum atomic E-state index is 15.2. The highest BCUT2D eigenvalue weighted by Gasteiger charge is 2.20. The predicted molar refractivity (Wildman–Crippen MR) is 151 cm³/mol. The topological polar surface area (TPSA) is 53.7 Å². The van der Waals surface area contributed by atoms with Crippen LogP contribution in [0.2, 0.25) is 0 Å². The summed E-state index contributed by atoms with van der Waals surface area (Å²) in [6.45, 7) is 6.85. The van der Waals surface area contributed by atoms with Crippen molar-refractivity contribution >= 4 is 22.6 Å². The summed E-state index contributed by atoms with van der Waals surface area (Å²) in [5.74, 6) is -0.292. The van der Waals surface area contributed by atoms with Crippen LogP contribution in [0.25, 0.3) is 27.8 Å². The Hall–Kier alpha value is -3.23. The number of hydrogen-bond donors (Lipinski definition) is 2. The first-order valence-electron chi connectivity index (χ1n) is 14.3. The Morgan fingerprint density at radius 3 is 2.67 bits per heavy atom. The second-order valence-corrected chi connectivity index (χ2v) is 10.9. The number of halogens is 2. The summed E-state index contributed by atoms with van der Waals surface area (Å²) in [6.07, 6.45) is 5.56. The van der Waals surface area contributed by atoms with Gasteiger partial charge in [-0.1, -0.05) is 12.1 Å². The number of piperidine rings is 1. The van der Waals surface area contributed by atoms with Crippen LogP contribution in [-0.4, -0.2) is 58.7 Å². The van der Waals surface area contributed by atoms with E-state index in [0.717, 1.165) is 79.8 Å². The number of carbonyl (C=O) groups is 1. The van der Waals surface area contributed by atoms with E-state index in [4.69, 9.17) is 0 Å². The number of rotatable bonds is 8. The van der Waals surface area contributed by atoms with Crippen LogP contribution in [0.5, 0.6) is 0 Å². The molecule has 0 saturated carbocycles. The van der Waals surface area contributed by atoms with Gasteiger partial charge in [-0.25, -0.2) is 8.78 Å². The fraction of sp³-hybridized carbons (Fsp3) is 0.452. The van der Waals surface area contributed by atoms with Crippen LogP contribution >= 0.6 is 0 Å². The molecule has 2 aliphatic heterocycles. The van der Waals surface area contributed by atoms with Gasteiger partial charge in [0.2, 0.25) is 0 Å². The molecule has 2 N–H and O–H groups in total. The Labute approximate surface area is 228 Å². The van der Waals surface area contributed by atoms with Crippen molar-refractivity contribution in [2.45, 2.75) is 57.8 Å². The van der Waals surface area contributed by atoms with Gasteiger partial charge in [0.15, 0.2) is 0 Å². The van der Waals surface area contributed by atoms with Crippen LogP contribution < -0.4 is 10.6 Å². The van der Waals surface area contributed by atoms with E-state index in [2.05, 4.69) is 31.4 Å². The third kappa shape index (κ3) is 5.20. The van der Waals surface area contributed by atoms with Gasteiger partial charge in [0.25, 0.3) is 5.91 Å². The minimum atomic E-state index is -0.663. The van der Waals surface area contributed by atoms with Gasteiger partial charge >= 0.3 is 0 Å². The fourth-order valence-electron chi connectivity index (χ4n) is 6.22. The number of fused-ring (bicyclic) bond motifs is 3. The number of benzene rings is 2. The lowest BCUT2D eigenvalue weighted by molar-refractivity contribution is 0.0950. The van der Waals surface area contributed by atoms with Gasteiger partial charge in [-0.05, 0) is 88.0 Å². The van der Waals surface area contributed by atoms with Crippen LogP contribution in [0.1, 0.15) is 61.0 Å². The van der Waals surface area contributed by atoms with Crippen molar-refractivity contribution in [3.05, 3.63) is 65.6 Å². The molecule has 4 aromatic rings. The summed E-state index contributed by atoms with van der Waals surface area (Å²) >= 11 is 0. The first kappa shape index (κ1) is 26.0. The number of aromatic nitrogens is 2. The lowest BCUT2D eigenvalue weighted by Gasteiger charge is -2.28. The first-order valence-corrected chi connectivity index (χ1v) is 14.3. The monoisotopic (exact) mass is 533 g/mol. The molecule has 0 spiro atoms. The molecular weight excluding hydrogens is 496 g/mol. The van der Waals surface area contributed by atoms with Crippen molar-refractivity contribution in [1.29, 1.82) is 0 Å².